The first-order valence-electron chi connectivity index (χ1n) is 11.4. The van der Waals surface area contributed by atoms with E-state index in [9.17, 15) is 22.4 Å². The van der Waals surface area contributed by atoms with Gasteiger partial charge in [-0.2, -0.15) is 0 Å². The number of amides is 2. The first-order chi connectivity index (χ1) is 17.5. The largest absolute Gasteiger partial charge is 0.355 e. The molecule has 0 spiro atoms. The molecule has 11 heteroatoms. The van der Waals surface area contributed by atoms with Gasteiger partial charge in [-0.15, -0.1) is 0 Å². The molecule has 3 aromatic carbocycles. The van der Waals surface area contributed by atoms with Crippen LogP contribution in [0.5, 0.6) is 0 Å². The summed E-state index contributed by atoms with van der Waals surface area (Å²) in [5, 5.41) is 3.37. The summed E-state index contributed by atoms with van der Waals surface area (Å²) in [4.78, 5) is 27.6. The molecule has 0 radical (unpaired) electrons. The van der Waals surface area contributed by atoms with Gasteiger partial charge < -0.3 is 10.2 Å². The fourth-order valence-corrected chi connectivity index (χ4v) is 5.50. The van der Waals surface area contributed by atoms with Crippen molar-refractivity contribution in [3.63, 3.8) is 0 Å². The van der Waals surface area contributed by atoms with Crippen molar-refractivity contribution < 1.29 is 22.4 Å². The first-order valence-corrected chi connectivity index (χ1v) is 13.6. The van der Waals surface area contributed by atoms with Gasteiger partial charge in [-0.1, -0.05) is 47.5 Å². The molecule has 0 aliphatic rings. The molecule has 1 atom stereocenters. The third-order valence-electron chi connectivity index (χ3n) is 5.60. The fourth-order valence-electron chi connectivity index (χ4n) is 3.59. The Morgan fingerprint density at radius 3 is 2.24 bits per heavy atom. The summed E-state index contributed by atoms with van der Waals surface area (Å²) in [6, 6.07) is 16.2. The van der Waals surface area contributed by atoms with Crippen LogP contribution >= 0.6 is 23.2 Å². The monoisotopic (exact) mass is 565 g/mol. The summed E-state index contributed by atoms with van der Waals surface area (Å²) in [6.07, 6.45) is 0. The fraction of sp³-hybridized carbons (Fsp3) is 0.231. The van der Waals surface area contributed by atoms with E-state index in [1.807, 2.05) is 0 Å². The third kappa shape index (κ3) is 7.00. The SMILES string of the molecule is CCNC(=O)C(C)N(Cc1ccc(Cl)cc1Cl)C(=O)CN(c1ccc(F)cc1)S(=O)(=O)c1ccccc1. The molecule has 0 saturated carbocycles. The van der Waals surface area contributed by atoms with Gasteiger partial charge in [0, 0.05) is 23.1 Å². The lowest BCUT2D eigenvalue weighted by Crippen LogP contribution is -2.51. The van der Waals surface area contributed by atoms with Gasteiger partial charge in [-0.25, -0.2) is 12.8 Å². The predicted molar refractivity (Wildman–Crippen MR) is 143 cm³/mol. The number of carbonyl (C=O) groups excluding carboxylic acids is 2. The Labute approximate surface area is 225 Å². The smallest absolute Gasteiger partial charge is 0.264 e. The van der Waals surface area contributed by atoms with Crippen molar-refractivity contribution in [2.24, 2.45) is 0 Å². The van der Waals surface area contributed by atoms with Crippen LogP contribution in [0.15, 0.2) is 77.7 Å². The summed E-state index contributed by atoms with van der Waals surface area (Å²) in [6.45, 7) is 2.92. The van der Waals surface area contributed by atoms with E-state index in [0.29, 0.717) is 22.2 Å². The van der Waals surface area contributed by atoms with Crippen LogP contribution in [0.2, 0.25) is 10.0 Å². The van der Waals surface area contributed by atoms with Crippen LogP contribution in [-0.4, -0.2) is 44.3 Å². The molecular formula is C26H26Cl2FN3O4S. The normalized spacial score (nSPS) is 12.0. The molecular weight excluding hydrogens is 540 g/mol. The van der Waals surface area contributed by atoms with Crippen LogP contribution in [0, 0.1) is 5.82 Å². The minimum atomic E-state index is -4.22. The molecule has 0 aliphatic heterocycles. The Hall–Kier alpha value is -3.14. The number of nitrogens with zero attached hydrogens (tertiary/aromatic N) is 2. The van der Waals surface area contributed by atoms with Gasteiger partial charge in [0.05, 0.1) is 10.6 Å². The van der Waals surface area contributed by atoms with E-state index in [1.54, 1.807) is 44.2 Å². The maximum Gasteiger partial charge on any atom is 0.264 e. The van der Waals surface area contributed by atoms with E-state index in [4.69, 9.17) is 23.2 Å². The summed E-state index contributed by atoms with van der Waals surface area (Å²) in [7, 11) is -4.22. The molecule has 2 amide bonds. The van der Waals surface area contributed by atoms with Gasteiger partial charge in [0.1, 0.15) is 18.4 Å². The van der Waals surface area contributed by atoms with Crippen molar-refractivity contribution in [3.8, 4) is 0 Å². The van der Waals surface area contributed by atoms with Crippen LogP contribution in [0.3, 0.4) is 0 Å². The van der Waals surface area contributed by atoms with Crippen molar-refractivity contribution in [3.05, 3.63) is 94.2 Å². The van der Waals surface area contributed by atoms with Crippen LogP contribution in [0.4, 0.5) is 10.1 Å². The summed E-state index contributed by atoms with van der Waals surface area (Å²) >= 11 is 12.3. The van der Waals surface area contributed by atoms with Gasteiger partial charge in [0.2, 0.25) is 11.8 Å². The molecule has 0 aliphatic carbocycles. The van der Waals surface area contributed by atoms with E-state index in [-0.39, 0.29) is 17.1 Å². The highest BCUT2D eigenvalue weighted by Crippen LogP contribution is 2.26. The summed E-state index contributed by atoms with van der Waals surface area (Å²) in [5.74, 6) is -1.63. The topological polar surface area (TPSA) is 86.8 Å². The Bertz CT molecular complexity index is 1360. The second-order valence-electron chi connectivity index (χ2n) is 8.13. The van der Waals surface area contributed by atoms with Crippen molar-refractivity contribution in [1.29, 1.82) is 0 Å². The number of anilines is 1. The molecule has 0 aromatic heterocycles. The van der Waals surface area contributed by atoms with E-state index in [2.05, 4.69) is 5.32 Å². The quantitative estimate of drug-likeness (QED) is 0.379. The van der Waals surface area contributed by atoms with Crippen molar-refractivity contribution in [2.45, 2.75) is 31.3 Å². The molecule has 0 fully saturated rings. The predicted octanol–water partition coefficient (Wildman–Crippen LogP) is 4.88. The minimum Gasteiger partial charge on any atom is -0.355 e. The lowest BCUT2D eigenvalue weighted by atomic mass is 10.1. The van der Waals surface area contributed by atoms with Crippen molar-refractivity contribution in [1.82, 2.24) is 10.2 Å². The number of likely N-dealkylation sites (N-methyl/N-ethyl adjacent to an activating group) is 1. The lowest BCUT2D eigenvalue weighted by Gasteiger charge is -2.32. The second-order valence-corrected chi connectivity index (χ2v) is 10.8. The average molecular weight is 566 g/mol. The van der Waals surface area contributed by atoms with E-state index in [0.717, 1.165) is 16.4 Å². The minimum absolute atomic E-state index is 0.0452. The van der Waals surface area contributed by atoms with Crippen LogP contribution in [-0.2, 0) is 26.2 Å². The molecule has 1 unspecified atom stereocenters. The standard InChI is InChI=1S/C26H26Cl2FN3O4S/c1-3-30-26(34)18(2)31(16-19-9-10-20(27)15-24(19)28)25(33)17-32(22-13-11-21(29)12-14-22)37(35,36)23-7-5-4-6-8-23/h4-15,18H,3,16-17H2,1-2H3,(H,30,34). The van der Waals surface area contributed by atoms with Crippen molar-refractivity contribution in [2.75, 3.05) is 17.4 Å². The highest BCUT2D eigenvalue weighted by atomic mass is 35.5. The highest BCUT2D eigenvalue weighted by Gasteiger charge is 2.32. The lowest BCUT2D eigenvalue weighted by molar-refractivity contribution is -0.139. The van der Waals surface area contributed by atoms with Crippen molar-refractivity contribution >= 4 is 50.7 Å². The number of hydrogen-bond acceptors (Lipinski definition) is 4. The molecule has 1 N–H and O–H groups in total. The number of hydrogen-bond donors (Lipinski definition) is 1. The number of nitrogens with one attached hydrogen (secondary N) is 1. The van der Waals surface area contributed by atoms with E-state index >= 15 is 0 Å². The third-order valence-corrected chi connectivity index (χ3v) is 7.97. The van der Waals surface area contributed by atoms with Crippen LogP contribution in [0.1, 0.15) is 19.4 Å². The molecule has 3 rings (SSSR count). The number of halogens is 3. The summed E-state index contributed by atoms with van der Waals surface area (Å²) < 4.78 is 41.7. The average Bonchev–Trinajstić information content (AvgIpc) is 2.87. The number of carbonyl (C=O) groups is 2. The molecule has 0 saturated heterocycles. The van der Waals surface area contributed by atoms with E-state index in [1.165, 1.54) is 35.2 Å². The molecule has 0 heterocycles. The Kier molecular flexibility index (Phi) is 9.53. The maximum atomic E-state index is 13.7. The van der Waals surface area contributed by atoms with Crippen LogP contribution < -0.4 is 9.62 Å². The number of rotatable bonds is 10. The zero-order valence-electron chi connectivity index (χ0n) is 20.2. The van der Waals surface area contributed by atoms with Crippen LogP contribution in [0.25, 0.3) is 0 Å². The molecule has 0 bridgehead atoms. The molecule has 196 valence electrons. The maximum absolute atomic E-state index is 13.7. The first kappa shape index (κ1) is 28.4. The second kappa shape index (κ2) is 12.4. The van der Waals surface area contributed by atoms with Gasteiger partial charge >= 0.3 is 0 Å². The van der Waals surface area contributed by atoms with Gasteiger partial charge in [0.15, 0.2) is 0 Å². The van der Waals surface area contributed by atoms with Gasteiger partial charge in [0.25, 0.3) is 10.0 Å². The molecule has 7 nitrogen and oxygen atoms in total. The van der Waals surface area contributed by atoms with Gasteiger partial charge in [-0.3, -0.25) is 13.9 Å². The summed E-state index contributed by atoms with van der Waals surface area (Å²) in [5.41, 5.74) is 0.614. The zero-order chi connectivity index (χ0) is 27.2. The zero-order valence-corrected chi connectivity index (χ0v) is 22.5. The van der Waals surface area contributed by atoms with E-state index < -0.39 is 40.2 Å². The number of sulfonamides is 1. The molecule has 37 heavy (non-hydrogen) atoms. The molecule has 3 aromatic rings. The highest BCUT2D eigenvalue weighted by molar-refractivity contribution is 7.92. The number of benzene rings is 3. The Balaban J connectivity index is 2.03. The Morgan fingerprint density at radius 2 is 1.65 bits per heavy atom. The van der Waals surface area contributed by atoms with Gasteiger partial charge in [-0.05, 0) is 67.9 Å². The Morgan fingerprint density at radius 1 is 1.00 bits per heavy atom.